The molecule has 0 atom stereocenters. The average molecular weight is 507 g/mol. The van der Waals surface area contributed by atoms with Crippen LogP contribution in [0.2, 0.25) is 5.02 Å². The monoisotopic (exact) mass is 506 g/mol. The molecule has 0 spiro atoms. The first-order chi connectivity index (χ1) is 16.9. The van der Waals surface area contributed by atoms with Crippen molar-refractivity contribution in [3.05, 3.63) is 91.2 Å². The highest BCUT2D eigenvalue weighted by atomic mass is 35.5. The van der Waals surface area contributed by atoms with E-state index in [1.54, 1.807) is 29.7 Å². The largest absolute Gasteiger partial charge is 0.493 e. The Hall–Kier alpha value is -3.55. The van der Waals surface area contributed by atoms with Crippen LogP contribution in [0.15, 0.2) is 59.4 Å². The van der Waals surface area contributed by atoms with E-state index in [0.717, 1.165) is 22.3 Å². The number of aromatic nitrogens is 2. The van der Waals surface area contributed by atoms with Gasteiger partial charge in [-0.15, -0.1) is 0 Å². The smallest absolute Gasteiger partial charge is 0.274 e. The quantitative estimate of drug-likeness (QED) is 0.284. The minimum Gasteiger partial charge on any atom is -0.493 e. The Balaban J connectivity index is 1.37. The van der Waals surface area contributed by atoms with Gasteiger partial charge in [0.15, 0.2) is 16.5 Å². The van der Waals surface area contributed by atoms with E-state index in [-0.39, 0.29) is 5.56 Å². The highest BCUT2D eigenvalue weighted by Gasteiger charge is 2.14. The molecule has 0 N–H and O–H groups in total. The fourth-order valence-electron chi connectivity index (χ4n) is 3.83. The summed E-state index contributed by atoms with van der Waals surface area (Å²) in [5.74, 6) is 1.71. The summed E-state index contributed by atoms with van der Waals surface area (Å²) in [6.07, 6.45) is 1.79. The molecule has 5 rings (SSSR count). The number of imidazole rings is 1. The topological polar surface area (TPSA) is 62.1 Å². The third-order valence-electron chi connectivity index (χ3n) is 5.77. The number of para-hydroxylation sites is 2. The number of aryl methyl sites for hydroxylation is 2. The molecular weight excluding hydrogens is 484 g/mol. The molecule has 35 heavy (non-hydrogen) atoms. The van der Waals surface area contributed by atoms with Crippen LogP contribution < -0.4 is 24.3 Å². The maximum Gasteiger partial charge on any atom is 0.274 e. The Morgan fingerprint density at radius 3 is 2.63 bits per heavy atom. The summed E-state index contributed by atoms with van der Waals surface area (Å²) < 4.78 is 19.4. The third-order valence-corrected chi connectivity index (χ3v) is 7.02. The van der Waals surface area contributed by atoms with Gasteiger partial charge in [-0.25, -0.2) is 9.38 Å². The molecule has 2 aromatic heterocycles. The first-order valence-corrected chi connectivity index (χ1v) is 12.3. The van der Waals surface area contributed by atoms with Crippen molar-refractivity contribution >= 4 is 45.0 Å². The second-order valence-electron chi connectivity index (χ2n) is 8.11. The van der Waals surface area contributed by atoms with Gasteiger partial charge < -0.3 is 14.2 Å². The summed E-state index contributed by atoms with van der Waals surface area (Å²) >= 11 is 7.87. The number of hydrogen-bond donors (Lipinski definition) is 0. The lowest BCUT2D eigenvalue weighted by Crippen LogP contribution is -2.22. The summed E-state index contributed by atoms with van der Waals surface area (Å²) in [6, 6.07) is 17.1. The van der Waals surface area contributed by atoms with Crippen molar-refractivity contribution in [2.45, 2.75) is 13.8 Å². The van der Waals surface area contributed by atoms with Crippen LogP contribution in [0.1, 0.15) is 16.7 Å². The fraction of sp³-hybridized carbons (Fsp3) is 0.185. The molecule has 0 aliphatic carbocycles. The predicted molar refractivity (Wildman–Crippen MR) is 141 cm³/mol. The number of fused-ring (bicyclic) bond motifs is 3. The molecule has 0 saturated carbocycles. The SMILES string of the molecule is COc1cc(/C=c2\sc3nc4ccccc4n3c2=O)cc(Cl)c1OCCOc1ccc(C)c(C)c1. The Bertz CT molecular complexity index is 1660. The maximum absolute atomic E-state index is 13.0. The minimum absolute atomic E-state index is 0.113. The number of benzene rings is 3. The number of rotatable bonds is 7. The normalized spacial score (nSPS) is 11.9. The first-order valence-electron chi connectivity index (χ1n) is 11.1. The van der Waals surface area contributed by atoms with Crippen LogP contribution in [0.25, 0.3) is 22.1 Å². The third kappa shape index (κ3) is 4.57. The molecule has 0 saturated heterocycles. The van der Waals surface area contributed by atoms with E-state index in [1.165, 1.54) is 22.5 Å². The fourth-order valence-corrected chi connectivity index (χ4v) is 5.09. The van der Waals surface area contributed by atoms with Gasteiger partial charge in [-0.2, -0.15) is 0 Å². The van der Waals surface area contributed by atoms with E-state index in [1.807, 2.05) is 49.4 Å². The van der Waals surface area contributed by atoms with Crippen LogP contribution in [0, 0.1) is 13.8 Å². The molecule has 0 bridgehead atoms. The molecule has 0 aliphatic rings. The van der Waals surface area contributed by atoms with Gasteiger partial charge in [-0.1, -0.05) is 41.1 Å². The van der Waals surface area contributed by atoms with Gasteiger partial charge in [-0.05, 0) is 73.0 Å². The van der Waals surface area contributed by atoms with Crippen LogP contribution in [-0.2, 0) is 0 Å². The summed E-state index contributed by atoms with van der Waals surface area (Å²) in [7, 11) is 1.55. The lowest BCUT2D eigenvalue weighted by Gasteiger charge is -2.14. The molecule has 0 fully saturated rings. The van der Waals surface area contributed by atoms with E-state index in [0.29, 0.717) is 39.2 Å². The standard InChI is InChI=1S/C27H23ClN2O4S/c1-16-8-9-19(12-17(16)2)33-10-11-34-25-20(28)13-18(14-23(25)32-3)15-24-26(31)30-22-7-5-4-6-21(22)29-27(30)35-24/h4-9,12-15H,10-11H2,1-3H3/b24-15-. The Morgan fingerprint density at radius 2 is 1.83 bits per heavy atom. The first kappa shape index (κ1) is 23.2. The van der Waals surface area contributed by atoms with E-state index in [4.69, 9.17) is 25.8 Å². The summed E-state index contributed by atoms with van der Waals surface area (Å²) in [6.45, 7) is 4.77. The van der Waals surface area contributed by atoms with Crippen molar-refractivity contribution < 1.29 is 14.2 Å². The summed E-state index contributed by atoms with van der Waals surface area (Å²) in [4.78, 5) is 18.3. The highest BCUT2D eigenvalue weighted by molar-refractivity contribution is 7.15. The van der Waals surface area contributed by atoms with Gasteiger partial charge in [0.25, 0.3) is 5.56 Å². The second kappa shape index (κ2) is 9.60. The molecule has 178 valence electrons. The minimum atomic E-state index is -0.113. The van der Waals surface area contributed by atoms with Crippen molar-refractivity contribution in [2.75, 3.05) is 20.3 Å². The van der Waals surface area contributed by atoms with E-state index in [2.05, 4.69) is 11.9 Å². The molecule has 0 aliphatic heterocycles. The van der Waals surface area contributed by atoms with E-state index < -0.39 is 0 Å². The molecule has 0 unspecified atom stereocenters. The average Bonchev–Trinajstić information content (AvgIpc) is 3.35. The van der Waals surface area contributed by atoms with E-state index in [9.17, 15) is 4.79 Å². The maximum atomic E-state index is 13.0. The van der Waals surface area contributed by atoms with Crippen LogP contribution in [0.3, 0.4) is 0 Å². The van der Waals surface area contributed by atoms with Crippen molar-refractivity contribution in [3.63, 3.8) is 0 Å². The van der Waals surface area contributed by atoms with Gasteiger partial charge in [0.2, 0.25) is 0 Å². The second-order valence-corrected chi connectivity index (χ2v) is 9.53. The number of hydrogen-bond acceptors (Lipinski definition) is 6. The van der Waals surface area contributed by atoms with Crippen LogP contribution in [-0.4, -0.2) is 29.7 Å². The van der Waals surface area contributed by atoms with Crippen molar-refractivity contribution in [2.24, 2.45) is 0 Å². The molecule has 0 radical (unpaired) electrons. The number of ether oxygens (including phenoxy) is 3. The Kier molecular flexibility index (Phi) is 6.36. The zero-order chi connectivity index (χ0) is 24.5. The van der Waals surface area contributed by atoms with Crippen molar-refractivity contribution in [1.29, 1.82) is 0 Å². The van der Waals surface area contributed by atoms with Crippen molar-refractivity contribution in [1.82, 2.24) is 9.38 Å². The summed E-state index contributed by atoms with van der Waals surface area (Å²) in [5, 5.41) is 0.390. The lowest BCUT2D eigenvalue weighted by molar-refractivity contribution is 0.211. The number of methoxy groups -OCH3 is 1. The van der Waals surface area contributed by atoms with Gasteiger partial charge in [0.05, 0.1) is 27.7 Å². The van der Waals surface area contributed by atoms with Crippen LogP contribution >= 0.6 is 22.9 Å². The molecule has 6 nitrogen and oxygen atoms in total. The van der Waals surface area contributed by atoms with Gasteiger partial charge in [-0.3, -0.25) is 4.79 Å². The van der Waals surface area contributed by atoms with E-state index >= 15 is 0 Å². The Morgan fingerprint density at radius 1 is 1.03 bits per heavy atom. The molecule has 5 aromatic rings. The number of nitrogens with zero attached hydrogens (tertiary/aromatic N) is 2. The summed E-state index contributed by atoms with van der Waals surface area (Å²) in [5.41, 5.74) is 4.61. The van der Waals surface area contributed by atoms with Gasteiger partial charge in [0.1, 0.15) is 19.0 Å². The molecule has 0 amide bonds. The molecular formula is C27H23ClN2O4S. The van der Waals surface area contributed by atoms with Crippen molar-refractivity contribution in [3.8, 4) is 17.2 Å². The highest BCUT2D eigenvalue weighted by Crippen LogP contribution is 2.36. The molecule has 3 aromatic carbocycles. The van der Waals surface area contributed by atoms with Gasteiger partial charge >= 0.3 is 0 Å². The number of thiazole rings is 1. The zero-order valence-corrected chi connectivity index (χ0v) is 21.1. The van der Waals surface area contributed by atoms with Gasteiger partial charge in [0, 0.05) is 0 Å². The predicted octanol–water partition coefficient (Wildman–Crippen LogP) is 5.19. The lowest BCUT2D eigenvalue weighted by atomic mass is 10.1. The molecule has 8 heteroatoms. The number of halogens is 1. The molecule has 2 heterocycles. The Labute approximate surface area is 211 Å². The van der Waals surface area contributed by atoms with Crippen LogP contribution in [0.4, 0.5) is 0 Å². The van der Waals surface area contributed by atoms with Crippen LogP contribution in [0.5, 0.6) is 17.2 Å². The zero-order valence-electron chi connectivity index (χ0n) is 19.5.